The Bertz CT molecular complexity index is 646. The summed E-state index contributed by atoms with van der Waals surface area (Å²) in [6.45, 7) is 2.00. The van der Waals surface area contributed by atoms with Crippen molar-refractivity contribution in [3.63, 3.8) is 0 Å². The van der Waals surface area contributed by atoms with Gasteiger partial charge in [-0.25, -0.2) is 0 Å². The van der Waals surface area contributed by atoms with E-state index in [9.17, 15) is 10.1 Å². The molecule has 0 radical (unpaired) electrons. The van der Waals surface area contributed by atoms with Gasteiger partial charge in [0.1, 0.15) is 16.5 Å². The average Bonchev–Trinajstić information content (AvgIpc) is 2.47. The van der Waals surface area contributed by atoms with E-state index < -0.39 is 4.92 Å². The lowest BCUT2D eigenvalue weighted by Gasteiger charge is -2.10. The van der Waals surface area contributed by atoms with Gasteiger partial charge >= 0.3 is 0 Å². The third-order valence-electron chi connectivity index (χ3n) is 2.99. The molecule has 0 saturated heterocycles. The second-order valence-electron chi connectivity index (χ2n) is 4.40. The molecule has 21 heavy (non-hydrogen) atoms. The molecule has 7 heteroatoms. The predicted octanol–water partition coefficient (Wildman–Crippen LogP) is 3.72. The quantitative estimate of drug-likeness (QED) is 0.673. The number of halogens is 1. The third kappa shape index (κ3) is 3.68. The molecule has 0 amide bonds. The molecule has 2 aromatic rings. The van der Waals surface area contributed by atoms with Gasteiger partial charge in [-0.2, -0.15) is 0 Å². The minimum atomic E-state index is -0.540. The van der Waals surface area contributed by atoms with Crippen molar-refractivity contribution in [3.05, 3.63) is 57.4 Å². The maximum absolute atomic E-state index is 10.7. The molecule has 1 heterocycles. The lowest BCUT2D eigenvalue weighted by Crippen LogP contribution is -2.13. The van der Waals surface area contributed by atoms with E-state index in [1.54, 1.807) is 12.3 Å². The van der Waals surface area contributed by atoms with E-state index in [1.165, 1.54) is 18.2 Å². The zero-order valence-electron chi connectivity index (χ0n) is 11.5. The number of rotatable bonds is 5. The summed E-state index contributed by atoms with van der Waals surface area (Å²) in [5.74, 6) is 0.953. The first kappa shape index (κ1) is 15.2. The fourth-order valence-corrected chi connectivity index (χ4v) is 1.93. The van der Waals surface area contributed by atoms with E-state index in [-0.39, 0.29) is 16.8 Å². The molecule has 0 spiro atoms. The number of nitrogens with zero attached hydrogens (tertiary/aromatic N) is 2. The van der Waals surface area contributed by atoms with Crippen LogP contribution in [-0.2, 0) is 0 Å². The summed E-state index contributed by atoms with van der Waals surface area (Å²) in [5.41, 5.74) is 0.743. The molecule has 1 aromatic carbocycles. The van der Waals surface area contributed by atoms with E-state index in [1.807, 2.05) is 20.0 Å². The lowest BCUT2D eigenvalue weighted by atomic mass is 10.2. The zero-order valence-corrected chi connectivity index (χ0v) is 12.3. The zero-order chi connectivity index (χ0) is 15.4. The van der Waals surface area contributed by atoms with Crippen LogP contribution in [0.4, 0.5) is 5.69 Å². The normalized spacial score (nSPS) is 12.0. The molecule has 6 nitrogen and oxygen atoms in total. The van der Waals surface area contributed by atoms with Crippen molar-refractivity contribution in [2.24, 2.45) is 0 Å². The maximum Gasteiger partial charge on any atom is 0.288 e. The van der Waals surface area contributed by atoms with Crippen molar-refractivity contribution >= 4 is 17.3 Å². The Kier molecular flexibility index (Phi) is 4.72. The molecule has 0 bridgehead atoms. The number of ether oxygens (including phenoxy) is 1. The highest BCUT2D eigenvalue weighted by Crippen LogP contribution is 2.30. The third-order valence-corrected chi connectivity index (χ3v) is 3.29. The Labute approximate surface area is 126 Å². The Hall–Kier alpha value is -2.18. The van der Waals surface area contributed by atoms with Gasteiger partial charge in [-0.3, -0.25) is 15.1 Å². The first-order chi connectivity index (χ1) is 10.0. The number of aromatic nitrogens is 1. The summed E-state index contributed by atoms with van der Waals surface area (Å²) < 4.78 is 5.57. The highest BCUT2D eigenvalue weighted by Gasteiger charge is 2.13. The summed E-state index contributed by atoms with van der Waals surface area (Å²) in [7, 11) is 1.86. The van der Waals surface area contributed by atoms with E-state index in [0.717, 1.165) is 5.69 Å². The highest BCUT2D eigenvalue weighted by atomic mass is 35.5. The molecule has 0 saturated carbocycles. The molecule has 0 aliphatic rings. The summed E-state index contributed by atoms with van der Waals surface area (Å²) in [6.07, 6.45) is 1.60. The van der Waals surface area contributed by atoms with Gasteiger partial charge < -0.3 is 10.1 Å². The van der Waals surface area contributed by atoms with Crippen LogP contribution in [0.5, 0.6) is 11.5 Å². The number of nitro groups is 1. The number of nitro benzene ring substituents is 1. The summed E-state index contributed by atoms with van der Waals surface area (Å²) in [5, 5.41) is 13.8. The van der Waals surface area contributed by atoms with Crippen molar-refractivity contribution in [2.75, 3.05) is 7.05 Å². The fourth-order valence-electron chi connectivity index (χ4n) is 1.69. The molecule has 1 unspecified atom stereocenters. The summed E-state index contributed by atoms with van der Waals surface area (Å²) in [6, 6.07) is 7.99. The first-order valence-electron chi connectivity index (χ1n) is 6.26. The summed E-state index contributed by atoms with van der Waals surface area (Å²) >= 11 is 5.83. The van der Waals surface area contributed by atoms with Gasteiger partial charge in [0.05, 0.1) is 16.8 Å². The molecule has 1 atom stereocenters. The van der Waals surface area contributed by atoms with Crippen LogP contribution in [-0.4, -0.2) is 17.0 Å². The number of benzene rings is 1. The fraction of sp³-hybridized carbons (Fsp3) is 0.214. The number of hydrogen-bond donors (Lipinski definition) is 1. The van der Waals surface area contributed by atoms with Gasteiger partial charge in [0.25, 0.3) is 5.69 Å². The highest BCUT2D eigenvalue weighted by molar-refractivity contribution is 6.32. The minimum absolute atomic E-state index is 0.0332. The second-order valence-corrected chi connectivity index (χ2v) is 4.81. The Morgan fingerprint density at radius 3 is 2.57 bits per heavy atom. The van der Waals surface area contributed by atoms with Crippen molar-refractivity contribution in [2.45, 2.75) is 13.0 Å². The lowest BCUT2D eigenvalue weighted by molar-refractivity contribution is -0.384. The first-order valence-corrected chi connectivity index (χ1v) is 6.64. The van der Waals surface area contributed by atoms with Crippen LogP contribution >= 0.6 is 11.6 Å². The molecule has 1 N–H and O–H groups in total. The van der Waals surface area contributed by atoms with E-state index in [2.05, 4.69) is 10.3 Å². The number of hydrogen-bond acceptors (Lipinski definition) is 5. The molecule has 0 aliphatic heterocycles. The Morgan fingerprint density at radius 1 is 1.33 bits per heavy atom. The van der Waals surface area contributed by atoms with Crippen molar-refractivity contribution < 1.29 is 9.66 Å². The molecule has 2 rings (SSSR count). The van der Waals surface area contributed by atoms with Gasteiger partial charge in [-0.05, 0) is 32.2 Å². The van der Waals surface area contributed by atoms with Gasteiger partial charge in [0.15, 0.2) is 0 Å². The molecular weight excluding hydrogens is 294 g/mol. The van der Waals surface area contributed by atoms with Crippen LogP contribution in [0.25, 0.3) is 0 Å². The van der Waals surface area contributed by atoms with Gasteiger partial charge in [0.2, 0.25) is 0 Å². The molecule has 0 aliphatic carbocycles. The number of pyridine rings is 1. The van der Waals surface area contributed by atoms with Crippen LogP contribution in [0.2, 0.25) is 5.02 Å². The van der Waals surface area contributed by atoms with E-state index in [0.29, 0.717) is 11.5 Å². The predicted molar refractivity (Wildman–Crippen MR) is 79.9 cm³/mol. The monoisotopic (exact) mass is 307 g/mol. The molecular formula is C14H14ClN3O3. The van der Waals surface area contributed by atoms with Gasteiger partial charge in [0, 0.05) is 18.2 Å². The van der Waals surface area contributed by atoms with Crippen molar-refractivity contribution in [3.8, 4) is 11.5 Å². The van der Waals surface area contributed by atoms with Crippen LogP contribution in [0.1, 0.15) is 18.7 Å². The molecule has 1 aromatic heterocycles. The van der Waals surface area contributed by atoms with Crippen LogP contribution in [0.3, 0.4) is 0 Å². The van der Waals surface area contributed by atoms with E-state index in [4.69, 9.17) is 16.3 Å². The molecule has 110 valence electrons. The van der Waals surface area contributed by atoms with Gasteiger partial charge in [-0.15, -0.1) is 0 Å². The van der Waals surface area contributed by atoms with Crippen LogP contribution in [0.15, 0.2) is 36.5 Å². The average molecular weight is 308 g/mol. The minimum Gasteiger partial charge on any atom is -0.456 e. The topological polar surface area (TPSA) is 77.3 Å². The van der Waals surface area contributed by atoms with Gasteiger partial charge in [-0.1, -0.05) is 11.6 Å². The smallest absolute Gasteiger partial charge is 0.288 e. The molecule has 0 fully saturated rings. The largest absolute Gasteiger partial charge is 0.456 e. The van der Waals surface area contributed by atoms with E-state index >= 15 is 0 Å². The SMILES string of the molecule is CNC(C)c1ccc(Oc2ccc([N+](=O)[O-])c(Cl)c2)cn1. The van der Waals surface area contributed by atoms with Crippen LogP contribution in [0, 0.1) is 10.1 Å². The van der Waals surface area contributed by atoms with Crippen LogP contribution < -0.4 is 10.1 Å². The standard InChI is InChI=1S/C14H14ClN3O3/c1-9(16-2)13-5-3-11(8-17-13)21-10-4-6-14(18(19)20)12(15)7-10/h3-9,16H,1-2H3. The number of nitrogens with one attached hydrogen (secondary N) is 1. The Morgan fingerprint density at radius 2 is 2.05 bits per heavy atom. The Balaban J connectivity index is 2.15. The second kappa shape index (κ2) is 6.51. The van der Waals surface area contributed by atoms with Crippen molar-refractivity contribution in [1.29, 1.82) is 0 Å². The maximum atomic E-state index is 10.7. The van der Waals surface area contributed by atoms with Crippen molar-refractivity contribution in [1.82, 2.24) is 10.3 Å². The summed E-state index contributed by atoms with van der Waals surface area (Å²) in [4.78, 5) is 14.4.